The smallest absolute Gasteiger partial charge is 0.254 e. The molecule has 8 nitrogen and oxygen atoms in total. The van der Waals surface area contributed by atoms with Crippen LogP contribution in [0.25, 0.3) is 0 Å². The number of amides is 2. The number of carbonyl (C=O) groups is 2. The van der Waals surface area contributed by atoms with Crippen LogP contribution < -0.4 is 18.9 Å². The zero-order valence-corrected chi connectivity index (χ0v) is 20.3. The Labute approximate surface area is 195 Å². The quantitative estimate of drug-likeness (QED) is 0.605. The fourth-order valence-corrected chi connectivity index (χ4v) is 4.50. The largest absolute Gasteiger partial charge is 0.493 e. The molecule has 33 heavy (non-hydrogen) atoms. The number of hydrogen-bond donors (Lipinski definition) is 0. The highest BCUT2D eigenvalue weighted by molar-refractivity contribution is 6.02. The molecule has 2 unspecified atom stereocenters. The summed E-state index contributed by atoms with van der Waals surface area (Å²) in [6, 6.07) is 8.33. The van der Waals surface area contributed by atoms with E-state index >= 15 is 0 Å². The van der Waals surface area contributed by atoms with Crippen LogP contribution in [0.4, 0.5) is 0 Å². The lowest BCUT2D eigenvalue weighted by Gasteiger charge is -2.41. The number of hydrogen-bond acceptors (Lipinski definition) is 6. The number of rotatable bonds is 8. The van der Waals surface area contributed by atoms with Gasteiger partial charge in [0.2, 0.25) is 5.91 Å². The summed E-state index contributed by atoms with van der Waals surface area (Å²) in [5, 5.41) is 0. The standard InChI is InChI=1S/C25H32N2O6/c1-8-27(9-2)25(29)22-16-13-20(32-6)21(33-7)14-17(16)24(28)26(3)23(22)15-10-11-18(30-4)19(12-15)31-5/h10-14,22-23H,8-9H2,1-7H3. The number of likely N-dealkylation sites (N-methyl/N-ethyl adjacent to an activating group) is 2. The van der Waals surface area contributed by atoms with E-state index in [-0.39, 0.29) is 11.8 Å². The molecule has 3 rings (SSSR count). The van der Waals surface area contributed by atoms with Gasteiger partial charge in [-0.3, -0.25) is 9.59 Å². The molecule has 178 valence electrons. The first-order chi connectivity index (χ1) is 15.9. The summed E-state index contributed by atoms with van der Waals surface area (Å²) in [6.45, 7) is 5.01. The van der Waals surface area contributed by atoms with Gasteiger partial charge in [-0.25, -0.2) is 0 Å². The molecular weight excluding hydrogens is 424 g/mol. The summed E-state index contributed by atoms with van der Waals surface area (Å²) in [5.41, 5.74) is 1.82. The highest BCUT2D eigenvalue weighted by atomic mass is 16.5. The van der Waals surface area contributed by atoms with E-state index in [9.17, 15) is 9.59 Å². The third kappa shape index (κ3) is 4.17. The average Bonchev–Trinajstić information content (AvgIpc) is 2.85. The van der Waals surface area contributed by atoms with Crippen molar-refractivity contribution in [1.82, 2.24) is 9.80 Å². The third-order valence-corrected chi connectivity index (χ3v) is 6.26. The second-order valence-corrected chi connectivity index (χ2v) is 7.76. The molecule has 0 bridgehead atoms. The SMILES string of the molecule is CCN(CC)C(=O)C1c2cc(OC)c(OC)cc2C(=O)N(C)C1c1ccc(OC)c(OC)c1. The molecule has 2 atom stereocenters. The fraction of sp³-hybridized carbons (Fsp3) is 0.440. The van der Waals surface area contributed by atoms with Gasteiger partial charge in [-0.1, -0.05) is 6.07 Å². The minimum absolute atomic E-state index is 0.0624. The number of fused-ring (bicyclic) bond motifs is 1. The maximum atomic E-state index is 13.9. The first-order valence-corrected chi connectivity index (χ1v) is 10.9. The lowest BCUT2D eigenvalue weighted by atomic mass is 9.78. The van der Waals surface area contributed by atoms with Crippen LogP contribution in [0.3, 0.4) is 0 Å². The predicted molar refractivity (Wildman–Crippen MR) is 125 cm³/mol. The molecule has 1 aliphatic rings. The molecule has 2 amide bonds. The van der Waals surface area contributed by atoms with Gasteiger partial charge in [-0.05, 0) is 49.2 Å². The van der Waals surface area contributed by atoms with E-state index in [0.717, 1.165) is 5.56 Å². The molecule has 0 saturated heterocycles. The number of carbonyl (C=O) groups excluding carboxylic acids is 2. The maximum absolute atomic E-state index is 13.9. The summed E-state index contributed by atoms with van der Waals surface area (Å²) in [4.78, 5) is 30.7. The van der Waals surface area contributed by atoms with E-state index in [0.29, 0.717) is 47.2 Å². The molecule has 2 aromatic rings. The highest BCUT2D eigenvalue weighted by Gasteiger charge is 2.44. The van der Waals surface area contributed by atoms with E-state index in [1.165, 1.54) is 14.2 Å². The minimum Gasteiger partial charge on any atom is -0.493 e. The van der Waals surface area contributed by atoms with Crippen molar-refractivity contribution >= 4 is 11.8 Å². The number of methoxy groups -OCH3 is 4. The molecular formula is C25H32N2O6. The van der Waals surface area contributed by atoms with E-state index in [4.69, 9.17) is 18.9 Å². The van der Waals surface area contributed by atoms with Gasteiger partial charge in [0, 0.05) is 25.7 Å². The van der Waals surface area contributed by atoms with E-state index in [2.05, 4.69) is 0 Å². The van der Waals surface area contributed by atoms with E-state index in [1.54, 1.807) is 49.3 Å². The van der Waals surface area contributed by atoms with E-state index in [1.807, 2.05) is 26.0 Å². The Morgan fingerprint density at radius 3 is 1.97 bits per heavy atom. The molecule has 8 heteroatoms. The summed E-state index contributed by atoms with van der Waals surface area (Å²) >= 11 is 0. The van der Waals surface area contributed by atoms with Crippen LogP contribution in [0.5, 0.6) is 23.0 Å². The van der Waals surface area contributed by atoms with Gasteiger partial charge < -0.3 is 28.7 Å². The van der Waals surface area contributed by atoms with Crippen LogP contribution in [-0.2, 0) is 4.79 Å². The predicted octanol–water partition coefficient (Wildman–Crippen LogP) is 3.50. The first kappa shape index (κ1) is 24.2. The highest BCUT2D eigenvalue weighted by Crippen LogP contribution is 2.47. The monoisotopic (exact) mass is 456 g/mol. The Hall–Kier alpha value is -3.42. The second-order valence-electron chi connectivity index (χ2n) is 7.76. The molecule has 0 fully saturated rings. The Morgan fingerprint density at radius 1 is 0.879 bits per heavy atom. The Bertz CT molecular complexity index is 1030. The van der Waals surface area contributed by atoms with Crippen LogP contribution >= 0.6 is 0 Å². The van der Waals surface area contributed by atoms with Crippen molar-refractivity contribution in [3.8, 4) is 23.0 Å². The van der Waals surface area contributed by atoms with Gasteiger partial charge >= 0.3 is 0 Å². The van der Waals surface area contributed by atoms with Crippen molar-refractivity contribution in [2.75, 3.05) is 48.6 Å². The van der Waals surface area contributed by atoms with Crippen LogP contribution in [-0.4, -0.2) is 70.2 Å². The Kier molecular flexibility index (Phi) is 7.36. The Morgan fingerprint density at radius 2 is 1.42 bits per heavy atom. The van der Waals surface area contributed by atoms with Gasteiger partial charge in [0.15, 0.2) is 23.0 Å². The summed E-state index contributed by atoms with van der Waals surface area (Å²) in [5.74, 6) is 1.11. The summed E-state index contributed by atoms with van der Waals surface area (Å²) in [6.07, 6.45) is 0. The molecule has 0 aliphatic carbocycles. The topological polar surface area (TPSA) is 77.5 Å². The van der Waals surface area contributed by atoms with Gasteiger partial charge in [0.25, 0.3) is 5.91 Å². The maximum Gasteiger partial charge on any atom is 0.254 e. The van der Waals surface area contributed by atoms with Gasteiger partial charge in [-0.2, -0.15) is 0 Å². The molecule has 0 radical (unpaired) electrons. The number of benzene rings is 2. The van der Waals surface area contributed by atoms with Crippen molar-refractivity contribution in [3.63, 3.8) is 0 Å². The van der Waals surface area contributed by atoms with Crippen molar-refractivity contribution in [3.05, 3.63) is 47.0 Å². The molecule has 0 N–H and O–H groups in total. The second kappa shape index (κ2) is 10.0. The zero-order chi connectivity index (χ0) is 24.3. The van der Waals surface area contributed by atoms with Crippen LogP contribution in [0.2, 0.25) is 0 Å². The number of nitrogens with zero attached hydrogens (tertiary/aromatic N) is 2. The minimum atomic E-state index is -0.638. The summed E-state index contributed by atoms with van der Waals surface area (Å²) < 4.78 is 21.8. The number of ether oxygens (including phenoxy) is 4. The van der Waals surface area contributed by atoms with Gasteiger partial charge in [0.1, 0.15) is 0 Å². The molecule has 0 aromatic heterocycles. The van der Waals surface area contributed by atoms with Crippen molar-refractivity contribution < 1.29 is 28.5 Å². The molecule has 1 heterocycles. The molecule has 1 aliphatic heterocycles. The van der Waals surface area contributed by atoms with Crippen molar-refractivity contribution in [1.29, 1.82) is 0 Å². The first-order valence-electron chi connectivity index (χ1n) is 10.9. The lowest BCUT2D eigenvalue weighted by molar-refractivity contribution is -0.134. The van der Waals surface area contributed by atoms with Crippen LogP contribution in [0.1, 0.15) is 47.3 Å². The van der Waals surface area contributed by atoms with Crippen molar-refractivity contribution in [2.45, 2.75) is 25.8 Å². The summed E-state index contributed by atoms with van der Waals surface area (Å²) in [7, 11) is 7.89. The molecule has 2 aromatic carbocycles. The van der Waals surface area contributed by atoms with E-state index < -0.39 is 12.0 Å². The third-order valence-electron chi connectivity index (χ3n) is 6.26. The zero-order valence-electron chi connectivity index (χ0n) is 20.3. The fourth-order valence-electron chi connectivity index (χ4n) is 4.50. The average molecular weight is 457 g/mol. The lowest BCUT2D eigenvalue weighted by Crippen LogP contribution is -2.47. The van der Waals surface area contributed by atoms with Crippen molar-refractivity contribution in [2.24, 2.45) is 0 Å². The van der Waals surface area contributed by atoms with Gasteiger partial charge in [0.05, 0.1) is 40.4 Å². The Balaban J connectivity index is 2.28. The van der Waals surface area contributed by atoms with Gasteiger partial charge in [-0.15, -0.1) is 0 Å². The molecule has 0 spiro atoms. The van der Waals surface area contributed by atoms with Crippen LogP contribution in [0.15, 0.2) is 30.3 Å². The van der Waals surface area contributed by atoms with Crippen LogP contribution in [0, 0.1) is 0 Å². The molecule has 0 saturated carbocycles. The normalized spacial score (nSPS) is 17.3.